The van der Waals surface area contributed by atoms with Crippen LogP contribution < -0.4 is 5.73 Å². The Morgan fingerprint density at radius 1 is 1.31 bits per heavy atom. The van der Waals surface area contributed by atoms with Crippen LogP contribution in [0.4, 0.5) is 0 Å². The monoisotopic (exact) mass is 259 g/mol. The summed E-state index contributed by atoms with van der Waals surface area (Å²) in [4.78, 5) is 26.9. The molecule has 0 aliphatic rings. The second-order valence-electron chi connectivity index (χ2n) is 3.10. The van der Waals surface area contributed by atoms with Gasteiger partial charge in [-0.05, 0) is 0 Å². The normalized spacial score (nSPS) is 17.8. The standard InChI is InChI=1S/C6H14NO8P/c7-3(6(10)11)1-4(8)5(9)2-15-16(12,13)14/h3-5,8-9H,1-2,7H2,(H,10,11)(H2,12,13,14)/t3?,4-,5-/m1/s1. The predicted octanol–water partition coefficient (Wildman–Crippen LogP) is -2.38. The highest BCUT2D eigenvalue weighted by molar-refractivity contribution is 7.46. The van der Waals surface area contributed by atoms with Crippen LogP contribution in [0.25, 0.3) is 0 Å². The molecule has 0 aromatic rings. The lowest BCUT2D eigenvalue weighted by atomic mass is 10.1. The Balaban J connectivity index is 4.04. The molecule has 0 amide bonds. The van der Waals surface area contributed by atoms with Gasteiger partial charge in [0.1, 0.15) is 12.1 Å². The third-order valence-electron chi connectivity index (χ3n) is 1.67. The fourth-order valence-electron chi connectivity index (χ4n) is 0.803. The highest BCUT2D eigenvalue weighted by atomic mass is 31.2. The summed E-state index contributed by atoms with van der Waals surface area (Å²) in [6.07, 6.45) is -3.63. The maximum Gasteiger partial charge on any atom is 0.469 e. The van der Waals surface area contributed by atoms with E-state index in [-0.39, 0.29) is 0 Å². The first-order chi connectivity index (χ1) is 7.13. The van der Waals surface area contributed by atoms with Gasteiger partial charge >= 0.3 is 13.8 Å². The van der Waals surface area contributed by atoms with Crippen molar-refractivity contribution in [2.75, 3.05) is 6.61 Å². The second kappa shape index (κ2) is 6.26. The van der Waals surface area contributed by atoms with E-state index in [0.717, 1.165) is 0 Å². The Kier molecular flexibility index (Phi) is 6.05. The van der Waals surface area contributed by atoms with Crippen LogP contribution in [0.3, 0.4) is 0 Å². The number of carbonyl (C=O) groups is 1. The topological polar surface area (TPSA) is 171 Å². The average Bonchev–Trinajstić information content (AvgIpc) is 2.12. The lowest BCUT2D eigenvalue weighted by molar-refractivity contribution is -0.140. The molecule has 96 valence electrons. The largest absolute Gasteiger partial charge is 0.480 e. The van der Waals surface area contributed by atoms with E-state index in [1.54, 1.807) is 0 Å². The maximum absolute atomic E-state index is 10.3. The van der Waals surface area contributed by atoms with Crippen LogP contribution in [0, 0.1) is 0 Å². The Hall–Kier alpha value is -0.540. The molecule has 0 aliphatic heterocycles. The first-order valence-corrected chi connectivity index (χ1v) is 5.71. The summed E-state index contributed by atoms with van der Waals surface area (Å²) in [6.45, 7) is -0.822. The van der Waals surface area contributed by atoms with Crippen LogP contribution in [-0.2, 0) is 13.9 Å². The number of carboxylic acids is 1. The smallest absolute Gasteiger partial charge is 0.469 e. The van der Waals surface area contributed by atoms with E-state index >= 15 is 0 Å². The maximum atomic E-state index is 10.3. The van der Waals surface area contributed by atoms with E-state index in [1.807, 2.05) is 0 Å². The van der Waals surface area contributed by atoms with Gasteiger partial charge in [0.25, 0.3) is 0 Å². The molecule has 0 spiro atoms. The first-order valence-electron chi connectivity index (χ1n) is 4.18. The quantitative estimate of drug-likeness (QED) is 0.273. The Labute approximate surface area is 90.7 Å². The SMILES string of the molecule is NC(C[C@@H](O)[C@H](O)COP(=O)(O)O)C(=O)O. The van der Waals surface area contributed by atoms with Crippen molar-refractivity contribution in [3.63, 3.8) is 0 Å². The van der Waals surface area contributed by atoms with Gasteiger partial charge in [0.15, 0.2) is 0 Å². The number of hydrogen-bond acceptors (Lipinski definition) is 6. The number of aliphatic hydroxyl groups is 2. The van der Waals surface area contributed by atoms with Crippen molar-refractivity contribution < 1.29 is 39.0 Å². The molecule has 0 aliphatic carbocycles. The van der Waals surface area contributed by atoms with E-state index in [0.29, 0.717) is 0 Å². The minimum atomic E-state index is -4.73. The van der Waals surface area contributed by atoms with Gasteiger partial charge in [0, 0.05) is 6.42 Å². The molecule has 16 heavy (non-hydrogen) atoms. The summed E-state index contributed by atoms with van der Waals surface area (Å²) in [6, 6.07) is -1.38. The Bertz CT molecular complexity index is 278. The van der Waals surface area contributed by atoms with Crippen molar-refractivity contribution in [1.29, 1.82) is 0 Å². The molecule has 0 radical (unpaired) electrons. The van der Waals surface area contributed by atoms with Crippen LogP contribution >= 0.6 is 7.82 Å². The number of nitrogens with two attached hydrogens (primary N) is 1. The summed E-state index contributed by atoms with van der Waals surface area (Å²) < 4.78 is 14.2. The summed E-state index contributed by atoms with van der Waals surface area (Å²) in [5.41, 5.74) is 5.07. The molecule has 0 fully saturated rings. The molecule has 10 heteroatoms. The molecule has 0 heterocycles. The molecule has 1 unspecified atom stereocenters. The van der Waals surface area contributed by atoms with Crippen molar-refractivity contribution in [2.24, 2.45) is 5.73 Å². The van der Waals surface area contributed by atoms with Crippen molar-refractivity contribution in [3.05, 3.63) is 0 Å². The van der Waals surface area contributed by atoms with Crippen molar-refractivity contribution in [1.82, 2.24) is 0 Å². The van der Waals surface area contributed by atoms with Gasteiger partial charge in [-0.15, -0.1) is 0 Å². The van der Waals surface area contributed by atoms with E-state index in [9.17, 15) is 14.5 Å². The number of rotatable bonds is 7. The number of phosphoric acid groups is 1. The first kappa shape index (κ1) is 15.5. The van der Waals surface area contributed by atoms with E-state index in [4.69, 9.17) is 25.7 Å². The van der Waals surface area contributed by atoms with Gasteiger partial charge in [-0.3, -0.25) is 9.32 Å². The Morgan fingerprint density at radius 3 is 2.19 bits per heavy atom. The van der Waals surface area contributed by atoms with Crippen molar-refractivity contribution >= 4 is 13.8 Å². The molecule has 0 rings (SSSR count). The summed E-state index contributed by atoms with van der Waals surface area (Å²) in [7, 11) is -4.73. The molecule has 0 saturated carbocycles. The number of hydrogen-bond donors (Lipinski definition) is 6. The minimum absolute atomic E-state index is 0.457. The molecule has 0 aromatic heterocycles. The van der Waals surface area contributed by atoms with Crippen LogP contribution in [0.15, 0.2) is 0 Å². The molecule has 0 bridgehead atoms. The van der Waals surface area contributed by atoms with Crippen molar-refractivity contribution in [2.45, 2.75) is 24.7 Å². The number of aliphatic hydroxyl groups excluding tert-OH is 2. The van der Waals surface area contributed by atoms with Gasteiger partial charge in [-0.1, -0.05) is 0 Å². The number of carboxylic acid groups (broad SMARTS) is 1. The van der Waals surface area contributed by atoms with Gasteiger partial charge in [0.05, 0.1) is 12.7 Å². The second-order valence-corrected chi connectivity index (χ2v) is 4.34. The van der Waals surface area contributed by atoms with E-state index in [1.165, 1.54) is 0 Å². The van der Waals surface area contributed by atoms with Gasteiger partial charge in [-0.25, -0.2) is 4.57 Å². The molecule has 9 nitrogen and oxygen atoms in total. The third kappa shape index (κ3) is 6.85. The average molecular weight is 259 g/mol. The van der Waals surface area contributed by atoms with Gasteiger partial charge in [-0.2, -0.15) is 0 Å². The zero-order valence-electron chi connectivity index (χ0n) is 8.13. The Morgan fingerprint density at radius 2 is 1.81 bits per heavy atom. The van der Waals surface area contributed by atoms with Gasteiger partial charge < -0.3 is 30.8 Å². The van der Waals surface area contributed by atoms with Crippen molar-refractivity contribution in [3.8, 4) is 0 Å². The zero-order valence-corrected chi connectivity index (χ0v) is 9.03. The summed E-state index contributed by atoms with van der Waals surface area (Å²) in [5, 5.41) is 26.8. The van der Waals surface area contributed by atoms with Crippen LogP contribution in [0.5, 0.6) is 0 Å². The molecular formula is C6H14NO8P. The minimum Gasteiger partial charge on any atom is -0.480 e. The van der Waals surface area contributed by atoms with Crippen LogP contribution in [0.1, 0.15) is 6.42 Å². The summed E-state index contributed by atoms with van der Waals surface area (Å²) in [5.74, 6) is -1.36. The fraction of sp³-hybridized carbons (Fsp3) is 0.833. The highest BCUT2D eigenvalue weighted by Crippen LogP contribution is 2.35. The predicted molar refractivity (Wildman–Crippen MR) is 50.2 cm³/mol. The highest BCUT2D eigenvalue weighted by Gasteiger charge is 2.25. The number of aliphatic carboxylic acids is 1. The molecule has 3 atom stereocenters. The summed E-state index contributed by atoms with van der Waals surface area (Å²) >= 11 is 0. The third-order valence-corrected chi connectivity index (χ3v) is 2.16. The van der Waals surface area contributed by atoms with Crippen LogP contribution in [0.2, 0.25) is 0 Å². The molecular weight excluding hydrogens is 245 g/mol. The lowest BCUT2D eigenvalue weighted by Gasteiger charge is -2.19. The molecule has 0 aromatic carbocycles. The zero-order chi connectivity index (χ0) is 12.9. The molecule has 7 N–H and O–H groups in total. The fourth-order valence-corrected chi connectivity index (χ4v) is 1.15. The lowest BCUT2D eigenvalue weighted by Crippen LogP contribution is -2.39. The van der Waals surface area contributed by atoms with Crippen LogP contribution in [-0.4, -0.2) is 55.9 Å². The van der Waals surface area contributed by atoms with Gasteiger partial charge in [0.2, 0.25) is 0 Å². The molecule has 0 saturated heterocycles. The number of phosphoric ester groups is 1. The van der Waals surface area contributed by atoms with E-state index < -0.39 is 45.1 Å². The van der Waals surface area contributed by atoms with E-state index in [2.05, 4.69) is 4.52 Å².